The zero-order valence-corrected chi connectivity index (χ0v) is 16.6. The van der Waals surface area contributed by atoms with Crippen LogP contribution in [0.5, 0.6) is 34.5 Å². The molecular formula is C17H20O10S2. The Balaban J connectivity index is 2.01. The molecule has 10 nitrogen and oxygen atoms in total. The van der Waals surface area contributed by atoms with Gasteiger partial charge in [-0.2, -0.15) is 0 Å². The maximum Gasteiger partial charge on any atom is 0.200 e. The van der Waals surface area contributed by atoms with Gasteiger partial charge in [0.1, 0.15) is 0 Å². The van der Waals surface area contributed by atoms with E-state index in [1.807, 2.05) is 0 Å². The van der Waals surface area contributed by atoms with Crippen LogP contribution >= 0.6 is 0 Å². The van der Waals surface area contributed by atoms with Crippen molar-refractivity contribution in [2.45, 2.75) is 12.8 Å². The van der Waals surface area contributed by atoms with Crippen molar-refractivity contribution in [2.75, 3.05) is 16.6 Å². The molecule has 0 heterocycles. The van der Waals surface area contributed by atoms with Gasteiger partial charge in [0.15, 0.2) is 59.3 Å². The van der Waals surface area contributed by atoms with Gasteiger partial charge in [0.05, 0.1) is 11.5 Å². The summed E-state index contributed by atoms with van der Waals surface area (Å²) in [7, 11) is -8.11. The summed E-state index contributed by atoms with van der Waals surface area (Å²) in [5.74, 6) is -5.17. The first-order valence-electron chi connectivity index (χ1n) is 8.18. The van der Waals surface area contributed by atoms with E-state index in [-0.39, 0.29) is 24.0 Å². The Morgan fingerprint density at radius 3 is 1.10 bits per heavy atom. The van der Waals surface area contributed by atoms with Gasteiger partial charge in [-0.05, 0) is 48.2 Å². The fourth-order valence-corrected chi connectivity index (χ4v) is 6.77. The fraction of sp³-hybridized carbons (Fsp3) is 0.294. The molecule has 0 fully saturated rings. The van der Waals surface area contributed by atoms with Gasteiger partial charge in [0, 0.05) is 0 Å². The molecule has 12 heteroatoms. The second-order valence-electron chi connectivity index (χ2n) is 6.48. The van der Waals surface area contributed by atoms with Crippen molar-refractivity contribution < 1.29 is 47.5 Å². The summed E-state index contributed by atoms with van der Waals surface area (Å²) in [4.78, 5) is 0. The van der Waals surface area contributed by atoms with Crippen LogP contribution in [0.3, 0.4) is 0 Å². The summed E-state index contributed by atoms with van der Waals surface area (Å²) in [5, 5.41) is 55.1. The molecule has 0 aliphatic heterocycles. The second-order valence-corrected chi connectivity index (χ2v) is 11.2. The van der Waals surface area contributed by atoms with Crippen LogP contribution in [0.4, 0.5) is 0 Å². The molecule has 0 unspecified atom stereocenters. The Kier molecular flexibility index (Phi) is 6.38. The van der Waals surface area contributed by atoms with Gasteiger partial charge in [0.25, 0.3) is 0 Å². The minimum absolute atomic E-state index is 0.189. The largest absolute Gasteiger partial charge is 0.504 e. The van der Waals surface area contributed by atoms with Crippen LogP contribution in [-0.4, -0.2) is 64.1 Å². The van der Waals surface area contributed by atoms with Crippen molar-refractivity contribution in [2.24, 2.45) is 0 Å². The highest BCUT2D eigenvalue weighted by atomic mass is 32.3. The summed E-state index contributed by atoms with van der Waals surface area (Å²) in [6, 6.07) is 4.23. The number of benzene rings is 2. The maximum atomic E-state index is 12.2. The number of aryl methyl sites for hydroxylation is 2. The van der Waals surface area contributed by atoms with Crippen molar-refractivity contribution in [3.05, 3.63) is 35.4 Å². The topological polar surface area (TPSA) is 190 Å². The molecule has 0 aliphatic carbocycles. The molecule has 0 amide bonds. The van der Waals surface area contributed by atoms with Crippen LogP contribution in [0.25, 0.3) is 0 Å². The van der Waals surface area contributed by atoms with Crippen LogP contribution in [0, 0.1) is 0 Å². The Morgan fingerprint density at radius 1 is 0.552 bits per heavy atom. The van der Waals surface area contributed by atoms with Crippen molar-refractivity contribution in [3.8, 4) is 34.5 Å². The van der Waals surface area contributed by atoms with Gasteiger partial charge < -0.3 is 30.6 Å². The zero-order chi connectivity index (χ0) is 22.0. The van der Waals surface area contributed by atoms with Gasteiger partial charge >= 0.3 is 0 Å². The quantitative estimate of drug-likeness (QED) is 0.310. The molecule has 0 atom stereocenters. The SMILES string of the molecule is O=S(=O)(CCc1cc(O)c(O)c(O)c1)CS(=O)(=O)CCc1cc(O)c(O)c(O)c1. The molecule has 0 bridgehead atoms. The Bertz CT molecular complexity index is 985. The number of rotatable bonds is 8. The minimum Gasteiger partial charge on any atom is -0.504 e. The van der Waals surface area contributed by atoms with Gasteiger partial charge in [-0.15, -0.1) is 0 Å². The molecule has 2 aromatic carbocycles. The number of hydrogen-bond donors (Lipinski definition) is 6. The number of phenols is 6. The predicted octanol–water partition coefficient (Wildman–Crippen LogP) is 0.492. The third-order valence-corrected chi connectivity index (χ3v) is 8.55. The summed E-state index contributed by atoms with van der Waals surface area (Å²) >= 11 is 0. The number of hydrogen-bond acceptors (Lipinski definition) is 10. The minimum atomic E-state index is -4.05. The first kappa shape index (κ1) is 22.4. The van der Waals surface area contributed by atoms with Crippen LogP contribution in [0.1, 0.15) is 11.1 Å². The first-order valence-corrected chi connectivity index (χ1v) is 11.8. The summed E-state index contributed by atoms with van der Waals surface area (Å²) in [6.07, 6.45) is -0.391. The lowest BCUT2D eigenvalue weighted by Crippen LogP contribution is -2.23. The Hall–Kier alpha value is -2.86. The second kappa shape index (κ2) is 8.25. The van der Waals surface area contributed by atoms with Gasteiger partial charge in [-0.1, -0.05) is 0 Å². The molecular weight excluding hydrogens is 428 g/mol. The lowest BCUT2D eigenvalue weighted by molar-refractivity contribution is 0.367. The summed E-state index contributed by atoms with van der Waals surface area (Å²) in [5.41, 5.74) is 0.377. The van der Waals surface area contributed by atoms with E-state index in [1.165, 1.54) is 0 Å². The van der Waals surface area contributed by atoms with E-state index in [0.29, 0.717) is 0 Å². The maximum absolute atomic E-state index is 12.2. The lowest BCUT2D eigenvalue weighted by Gasteiger charge is -2.09. The zero-order valence-electron chi connectivity index (χ0n) is 15.0. The lowest BCUT2D eigenvalue weighted by atomic mass is 10.1. The summed E-state index contributed by atoms with van der Waals surface area (Å²) < 4.78 is 48.6. The highest BCUT2D eigenvalue weighted by Crippen LogP contribution is 2.36. The molecule has 0 spiro atoms. The monoisotopic (exact) mass is 448 g/mol. The van der Waals surface area contributed by atoms with E-state index < -0.39 is 70.8 Å². The molecule has 0 saturated carbocycles. The number of aromatic hydroxyl groups is 6. The third kappa shape index (κ3) is 6.06. The van der Waals surface area contributed by atoms with Crippen molar-refractivity contribution >= 4 is 19.7 Å². The molecule has 2 aromatic rings. The molecule has 6 N–H and O–H groups in total. The van der Waals surface area contributed by atoms with E-state index in [4.69, 9.17) is 0 Å². The highest BCUT2D eigenvalue weighted by Gasteiger charge is 2.23. The van der Waals surface area contributed by atoms with Crippen LogP contribution in [0.2, 0.25) is 0 Å². The van der Waals surface area contributed by atoms with Crippen molar-refractivity contribution in [1.82, 2.24) is 0 Å². The number of phenolic OH excluding ortho intramolecular Hbond substituents is 6. The van der Waals surface area contributed by atoms with Crippen molar-refractivity contribution in [1.29, 1.82) is 0 Å². The van der Waals surface area contributed by atoms with Crippen LogP contribution in [-0.2, 0) is 32.5 Å². The van der Waals surface area contributed by atoms with E-state index in [9.17, 15) is 47.5 Å². The Morgan fingerprint density at radius 2 is 0.828 bits per heavy atom. The van der Waals surface area contributed by atoms with Crippen LogP contribution < -0.4 is 0 Å². The van der Waals surface area contributed by atoms with E-state index in [2.05, 4.69) is 0 Å². The smallest absolute Gasteiger partial charge is 0.200 e. The molecule has 0 aromatic heterocycles. The summed E-state index contributed by atoms with van der Waals surface area (Å²) in [6.45, 7) is 0. The molecule has 160 valence electrons. The Labute approximate surface area is 166 Å². The van der Waals surface area contributed by atoms with E-state index >= 15 is 0 Å². The molecule has 29 heavy (non-hydrogen) atoms. The van der Waals surface area contributed by atoms with Gasteiger partial charge in [0.2, 0.25) is 0 Å². The molecule has 0 aliphatic rings. The normalized spacial score (nSPS) is 12.1. The van der Waals surface area contributed by atoms with E-state index in [0.717, 1.165) is 24.3 Å². The molecule has 0 radical (unpaired) electrons. The first-order chi connectivity index (χ1) is 13.3. The highest BCUT2D eigenvalue weighted by molar-refractivity contribution is 8.08. The van der Waals surface area contributed by atoms with Crippen LogP contribution in [0.15, 0.2) is 24.3 Å². The van der Waals surface area contributed by atoms with Crippen molar-refractivity contribution in [3.63, 3.8) is 0 Å². The van der Waals surface area contributed by atoms with Gasteiger partial charge in [-0.25, -0.2) is 16.8 Å². The number of sulfone groups is 2. The predicted molar refractivity (Wildman–Crippen MR) is 103 cm³/mol. The fourth-order valence-electron chi connectivity index (χ4n) is 2.55. The average molecular weight is 448 g/mol. The van der Waals surface area contributed by atoms with E-state index in [1.54, 1.807) is 0 Å². The molecule has 0 saturated heterocycles. The third-order valence-electron chi connectivity index (χ3n) is 4.02. The standard InChI is InChI=1S/C17H20O10S2/c18-12-5-10(6-13(19)16(12)22)1-3-28(24,25)9-29(26,27)4-2-11-7-14(20)17(23)15(21)8-11/h5-8,18-23H,1-4,9H2. The molecule has 2 rings (SSSR count). The average Bonchev–Trinajstić information content (AvgIpc) is 2.59. The van der Waals surface area contributed by atoms with Gasteiger partial charge in [-0.3, -0.25) is 0 Å².